The molecule has 0 saturated heterocycles. The third-order valence-corrected chi connectivity index (χ3v) is 6.32. The van der Waals surface area contributed by atoms with Crippen molar-refractivity contribution >= 4 is 23.9 Å². The van der Waals surface area contributed by atoms with Crippen LogP contribution in [0.5, 0.6) is 0 Å². The van der Waals surface area contributed by atoms with E-state index in [-0.39, 0.29) is 24.9 Å². The van der Waals surface area contributed by atoms with Crippen molar-refractivity contribution < 1.29 is 23.9 Å². The molecular formula is C27H35N5O5. The Balaban J connectivity index is 1.66. The fourth-order valence-corrected chi connectivity index (χ4v) is 4.53. The van der Waals surface area contributed by atoms with Crippen LogP contribution in [0.4, 0.5) is 4.79 Å². The molecule has 0 bridgehead atoms. The van der Waals surface area contributed by atoms with Gasteiger partial charge >= 0.3 is 12.1 Å². The number of fused-ring (bicyclic) bond motifs is 3. The summed E-state index contributed by atoms with van der Waals surface area (Å²) < 4.78 is 10.4. The molecule has 2 amide bonds. The summed E-state index contributed by atoms with van der Waals surface area (Å²) in [6.07, 6.45) is 1.02. The highest BCUT2D eigenvalue weighted by Crippen LogP contribution is 2.44. The first kappa shape index (κ1) is 27.5. The highest BCUT2D eigenvalue weighted by molar-refractivity contribution is 5.89. The lowest BCUT2D eigenvalue weighted by atomic mass is 9.98. The van der Waals surface area contributed by atoms with Gasteiger partial charge in [0.2, 0.25) is 5.91 Å². The number of rotatable bonds is 12. The van der Waals surface area contributed by atoms with Gasteiger partial charge in [0, 0.05) is 12.5 Å². The maximum absolute atomic E-state index is 13.0. The lowest BCUT2D eigenvalue weighted by molar-refractivity contribution is -0.145. The summed E-state index contributed by atoms with van der Waals surface area (Å²) >= 11 is 0. The normalized spacial score (nSPS) is 13.5. The third-order valence-electron chi connectivity index (χ3n) is 6.32. The predicted molar refractivity (Wildman–Crippen MR) is 140 cm³/mol. The largest absolute Gasteiger partial charge is 0.467 e. The van der Waals surface area contributed by atoms with Crippen molar-refractivity contribution in [2.24, 2.45) is 5.73 Å². The van der Waals surface area contributed by atoms with E-state index in [0.29, 0.717) is 25.8 Å². The highest BCUT2D eigenvalue weighted by atomic mass is 16.5. The summed E-state index contributed by atoms with van der Waals surface area (Å²) in [5, 5.41) is 15.3. The molecule has 198 valence electrons. The molecule has 10 heteroatoms. The number of benzene rings is 2. The Bertz CT molecular complexity index is 1080. The minimum atomic E-state index is -0.951. The molecule has 0 radical (unpaired) electrons. The molecule has 37 heavy (non-hydrogen) atoms. The first-order valence-electron chi connectivity index (χ1n) is 12.4. The average molecular weight is 510 g/mol. The highest BCUT2D eigenvalue weighted by Gasteiger charge is 2.30. The van der Waals surface area contributed by atoms with Crippen LogP contribution in [0.15, 0.2) is 48.5 Å². The number of hydrogen-bond donors (Lipinski definition) is 5. The standard InChI is InChI=1S/C27H35N5O5/c1-3-9-23(25(34)36-2)31-24(33)22(14-8-15-30-26(28)29)32-27(35)37-16-21-19-12-6-4-10-17(19)18-11-5-7-13-20(18)21/h4-7,10-13,21-23H,3,8-9,14-16H2,1-2H3,(H,31,33)(H,32,35)(H4,28,29,30)/t22-,23+/m1/s1. The molecule has 0 saturated carbocycles. The summed E-state index contributed by atoms with van der Waals surface area (Å²) in [4.78, 5) is 37.9. The van der Waals surface area contributed by atoms with Crippen LogP contribution < -0.4 is 21.7 Å². The Hall–Kier alpha value is -4.08. The fourth-order valence-electron chi connectivity index (χ4n) is 4.53. The van der Waals surface area contributed by atoms with Gasteiger partial charge in [0.05, 0.1) is 7.11 Å². The van der Waals surface area contributed by atoms with Gasteiger partial charge in [-0.05, 0) is 41.5 Å². The van der Waals surface area contributed by atoms with Crippen LogP contribution in [0.1, 0.15) is 49.7 Å². The molecule has 1 aliphatic carbocycles. The molecule has 2 atom stereocenters. The molecule has 0 aromatic heterocycles. The summed E-state index contributed by atoms with van der Waals surface area (Å²) in [5.41, 5.74) is 9.72. The molecule has 6 N–H and O–H groups in total. The van der Waals surface area contributed by atoms with Crippen molar-refractivity contribution in [3.63, 3.8) is 0 Å². The molecule has 0 spiro atoms. The van der Waals surface area contributed by atoms with Gasteiger partial charge in [-0.3, -0.25) is 10.2 Å². The summed E-state index contributed by atoms with van der Waals surface area (Å²) in [6.45, 7) is 2.35. The van der Waals surface area contributed by atoms with Gasteiger partial charge in [-0.25, -0.2) is 9.59 Å². The summed E-state index contributed by atoms with van der Waals surface area (Å²) in [5.74, 6) is -1.36. The minimum absolute atomic E-state index is 0.112. The van der Waals surface area contributed by atoms with E-state index >= 15 is 0 Å². The van der Waals surface area contributed by atoms with Crippen molar-refractivity contribution in [2.45, 2.75) is 50.6 Å². The zero-order valence-electron chi connectivity index (χ0n) is 21.2. The van der Waals surface area contributed by atoms with E-state index < -0.39 is 30.1 Å². The number of esters is 1. The van der Waals surface area contributed by atoms with Gasteiger partial charge in [0.1, 0.15) is 18.7 Å². The lowest BCUT2D eigenvalue weighted by Gasteiger charge is -2.22. The third kappa shape index (κ3) is 7.22. The zero-order chi connectivity index (χ0) is 26.8. The molecule has 0 fully saturated rings. The second kappa shape index (κ2) is 13.3. The Morgan fingerprint density at radius 3 is 2.16 bits per heavy atom. The van der Waals surface area contributed by atoms with E-state index in [9.17, 15) is 14.4 Å². The number of ether oxygens (including phenoxy) is 2. The van der Waals surface area contributed by atoms with E-state index in [0.717, 1.165) is 22.3 Å². The predicted octanol–water partition coefficient (Wildman–Crippen LogP) is 2.61. The molecule has 2 aromatic rings. The number of methoxy groups -OCH3 is 1. The van der Waals surface area contributed by atoms with Crippen molar-refractivity contribution in [2.75, 3.05) is 20.3 Å². The van der Waals surface area contributed by atoms with E-state index in [1.54, 1.807) is 0 Å². The average Bonchev–Trinajstić information content (AvgIpc) is 3.22. The Labute approximate surface area is 216 Å². The van der Waals surface area contributed by atoms with Crippen LogP contribution in [0.2, 0.25) is 0 Å². The van der Waals surface area contributed by atoms with E-state index in [2.05, 4.69) is 28.1 Å². The Kier molecular flexibility index (Phi) is 9.88. The maximum atomic E-state index is 13.0. The number of guanidine groups is 1. The van der Waals surface area contributed by atoms with E-state index in [1.807, 2.05) is 43.3 Å². The molecule has 1 aliphatic rings. The van der Waals surface area contributed by atoms with E-state index in [4.69, 9.17) is 20.6 Å². The number of carbonyl (C=O) groups excluding carboxylic acids is 3. The SMILES string of the molecule is CCC[C@H](NC(=O)[C@@H](CCCNC(=N)N)NC(=O)OCC1c2ccccc2-c2ccccc21)C(=O)OC. The number of carbonyl (C=O) groups is 3. The number of nitrogens with one attached hydrogen (secondary N) is 4. The number of hydrogen-bond acceptors (Lipinski definition) is 6. The first-order valence-corrected chi connectivity index (χ1v) is 12.4. The van der Waals surface area contributed by atoms with Crippen LogP contribution in [0.3, 0.4) is 0 Å². The Morgan fingerprint density at radius 1 is 0.973 bits per heavy atom. The number of alkyl carbamates (subject to hydrolysis) is 1. The van der Waals surface area contributed by atoms with Gasteiger partial charge in [0.15, 0.2) is 5.96 Å². The molecule has 10 nitrogen and oxygen atoms in total. The van der Waals surface area contributed by atoms with Crippen molar-refractivity contribution in [1.82, 2.24) is 16.0 Å². The second-order valence-corrected chi connectivity index (χ2v) is 8.88. The zero-order valence-corrected chi connectivity index (χ0v) is 21.2. The monoisotopic (exact) mass is 509 g/mol. The quantitative estimate of drug-likeness (QED) is 0.127. The number of amides is 2. The van der Waals surface area contributed by atoms with Crippen LogP contribution in [-0.4, -0.2) is 56.3 Å². The minimum Gasteiger partial charge on any atom is -0.467 e. The maximum Gasteiger partial charge on any atom is 0.407 e. The molecule has 2 aromatic carbocycles. The second-order valence-electron chi connectivity index (χ2n) is 8.88. The van der Waals surface area contributed by atoms with Gasteiger partial charge in [0.25, 0.3) is 0 Å². The van der Waals surface area contributed by atoms with Crippen LogP contribution >= 0.6 is 0 Å². The Morgan fingerprint density at radius 2 is 1.59 bits per heavy atom. The lowest BCUT2D eigenvalue weighted by Crippen LogP contribution is -2.52. The summed E-state index contributed by atoms with van der Waals surface area (Å²) in [6, 6.07) is 14.3. The summed E-state index contributed by atoms with van der Waals surface area (Å²) in [7, 11) is 1.26. The molecular weight excluding hydrogens is 474 g/mol. The molecule has 3 rings (SSSR count). The first-order chi connectivity index (χ1) is 17.8. The molecule has 0 unspecified atom stereocenters. The van der Waals surface area contributed by atoms with Crippen molar-refractivity contribution in [1.29, 1.82) is 5.41 Å². The fraction of sp³-hybridized carbons (Fsp3) is 0.407. The van der Waals surface area contributed by atoms with Gasteiger partial charge in [-0.2, -0.15) is 0 Å². The van der Waals surface area contributed by atoms with Gasteiger partial charge in [-0.15, -0.1) is 0 Å². The van der Waals surface area contributed by atoms with Crippen LogP contribution in [-0.2, 0) is 19.1 Å². The molecule has 0 aliphatic heterocycles. The van der Waals surface area contributed by atoms with Gasteiger partial charge < -0.3 is 31.2 Å². The molecule has 0 heterocycles. The van der Waals surface area contributed by atoms with Crippen LogP contribution in [0.25, 0.3) is 11.1 Å². The number of nitrogens with two attached hydrogens (primary N) is 1. The van der Waals surface area contributed by atoms with Crippen LogP contribution in [0, 0.1) is 5.41 Å². The van der Waals surface area contributed by atoms with Crippen molar-refractivity contribution in [3.8, 4) is 11.1 Å². The smallest absolute Gasteiger partial charge is 0.407 e. The van der Waals surface area contributed by atoms with Gasteiger partial charge in [-0.1, -0.05) is 61.9 Å². The van der Waals surface area contributed by atoms with E-state index in [1.165, 1.54) is 7.11 Å². The van der Waals surface area contributed by atoms with Crippen molar-refractivity contribution in [3.05, 3.63) is 59.7 Å². The topological polar surface area (TPSA) is 156 Å².